The summed E-state index contributed by atoms with van der Waals surface area (Å²) in [7, 11) is 1.64. The summed E-state index contributed by atoms with van der Waals surface area (Å²) in [5, 5.41) is 4.13. The number of aromatic nitrogens is 2. The first kappa shape index (κ1) is 24.1. The van der Waals surface area contributed by atoms with Crippen LogP contribution in [0.25, 0.3) is 11.8 Å². The van der Waals surface area contributed by atoms with Crippen molar-refractivity contribution < 1.29 is 14.3 Å². The molecule has 8 heteroatoms. The number of imidazole rings is 1. The van der Waals surface area contributed by atoms with Gasteiger partial charge >= 0.3 is 0 Å². The third kappa shape index (κ3) is 5.37. The van der Waals surface area contributed by atoms with Gasteiger partial charge in [-0.25, -0.2) is 4.98 Å². The molecule has 8 nitrogen and oxygen atoms in total. The number of morpholine rings is 1. The van der Waals surface area contributed by atoms with E-state index in [1.54, 1.807) is 13.4 Å². The third-order valence-electron chi connectivity index (χ3n) is 5.70. The number of benzene rings is 2. The Labute approximate surface area is 206 Å². The molecule has 0 radical (unpaired) electrons. The summed E-state index contributed by atoms with van der Waals surface area (Å²) in [5.74, 6) is 1.43. The number of amides is 1. The molecule has 3 aromatic rings. The van der Waals surface area contributed by atoms with Crippen molar-refractivity contribution >= 4 is 23.5 Å². The van der Waals surface area contributed by atoms with E-state index in [1.165, 1.54) is 12.5 Å². The average Bonchev–Trinajstić information content (AvgIpc) is 3.28. The van der Waals surface area contributed by atoms with Crippen molar-refractivity contribution in [2.45, 2.75) is 27.7 Å². The van der Waals surface area contributed by atoms with Crippen LogP contribution in [0.1, 0.15) is 30.7 Å². The van der Waals surface area contributed by atoms with Gasteiger partial charge in [0.15, 0.2) is 11.6 Å². The standard InChI is InChI=1S/C27H31N5O3/c1-6-31(23-10-7-19(2)8-11-23)32-13-14-35-26(27(32)29-21(4)33)16-22-9-12-24(25(15-22)34-5)30-17-20(3)28-18-30/h7-12,15-18H,6,13-14H2,1-5H3/b26-16-,29-27?. The minimum absolute atomic E-state index is 0.287. The zero-order chi connectivity index (χ0) is 24.9. The van der Waals surface area contributed by atoms with E-state index in [2.05, 4.69) is 53.1 Å². The highest BCUT2D eigenvalue weighted by molar-refractivity contribution is 6.06. The lowest BCUT2D eigenvalue weighted by molar-refractivity contribution is -0.115. The molecule has 4 rings (SSSR count). The number of methoxy groups -OCH3 is 1. The van der Waals surface area contributed by atoms with Crippen molar-refractivity contribution in [3.05, 3.63) is 77.6 Å². The minimum Gasteiger partial charge on any atom is -0.495 e. The highest BCUT2D eigenvalue weighted by Gasteiger charge is 2.28. The lowest BCUT2D eigenvalue weighted by atomic mass is 10.1. The van der Waals surface area contributed by atoms with E-state index in [9.17, 15) is 4.79 Å². The van der Waals surface area contributed by atoms with Crippen LogP contribution in [0.3, 0.4) is 0 Å². The van der Waals surface area contributed by atoms with E-state index >= 15 is 0 Å². The van der Waals surface area contributed by atoms with Crippen molar-refractivity contribution in [1.29, 1.82) is 0 Å². The van der Waals surface area contributed by atoms with Crippen LogP contribution in [0.15, 0.2) is 65.7 Å². The molecule has 1 saturated heterocycles. The van der Waals surface area contributed by atoms with Crippen LogP contribution in [-0.4, -0.2) is 53.1 Å². The van der Waals surface area contributed by atoms with Crippen LogP contribution in [0.5, 0.6) is 5.75 Å². The van der Waals surface area contributed by atoms with Gasteiger partial charge in [-0.1, -0.05) is 23.8 Å². The molecule has 2 aromatic carbocycles. The Kier molecular flexibility index (Phi) is 7.19. The second-order valence-electron chi connectivity index (χ2n) is 8.34. The van der Waals surface area contributed by atoms with Gasteiger partial charge in [0.25, 0.3) is 0 Å². The van der Waals surface area contributed by atoms with E-state index in [0.717, 1.165) is 22.6 Å². The van der Waals surface area contributed by atoms with Gasteiger partial charge in [0.2, 0.25) is 5.91 Å². The number of hydrogen-bond donors (Lipinski definition) is 0. The van der Waals surface area contributed by atoms with Crippen molar-refractivity contribution in [3.63, 3.8) is 0 Å². The molecule has 0 aliphatic carbocycles. The SMILES string of the molecule is CCN(c1ccc(C)cc1)N1CCO/C(=C\c2ccc(-n3cnc(C)c3)c(OC)c2)C1=NC(C)=O. The Morgan fingerprint density at radius 1 is 1.23 bits per heavy atom. The number of carbonyl (C=O) groups excluding carboxylic acids is 1. The van der Waals surface area contributed by atoms with Gasteiger partial charge < -0.3 is 14.0 Å². The Morgan fingerprint density at radius 3 is 2.63 bits per heavy atom. The van der Waals surface area contributed by atoms with Crippen molar-refractivity contribution in [2.75, 3.05) is 31.8 Å². The zero-order valence-electron chi connectivity index (χ0n) is 20.9. The van der Waals surface area contributed by atoms with Crippen LogP contribution in [0.4, 0.5) is 5.69 Å². The fraction of sp³-hybridized carbons (Fsp3) is 0.296. The third-order valence-corrected chi connectivity index (χ3v) is 5.70. The Hall–Kier alpha value is -4.07. The number of amidine groups is 1. The predicted molar refractivity (Wildman–Crippen MR) is 138 cm³/mol. The van der Waals surface area contributed by atoms with Gasteiger partial charge in [-0.05, 0) is 56.7 Å². The Balaban J connectivity index is 1.72. The number of rotatable bonds is 6. The van der Waals surface area contributed by atoms with E-state index in [4.69, 9.17) is 9.47 Å². The Bertz CT molecular complexity index is 1260. The molecule has 2 heterocycles. The molecular formula is C27H31N5O3. The summed E-state index contributed by atoms with van der Waals surface area (Å²) >= 11 is 0. The molecule has 0 saturated carbocycles. The first-order chi connectivity index (χ1) is 16.9. The van der Waals surface area contributed by atoms with Crippen LogP contribution in [0, 0.1) is 13.8 Å². The quantitative estimate of drug-likeness (QED) is 0.523. The van der Waals surface area contributed by atoms with Gasteiger partial charge in [-0.15, -0.1) is 0 Å². The maximum Gasteiger partial charge on any atom is 0.244 e. The highest BCUT2D eigenvalue weighted by Crippen LogP contribution is 2.28. The van der Waals surface area contributed by atoms with E-state index in [0.29, 0.717) is 37.0 Å². The highest BCUT2D eigenvalue weighted by atomic mass is 16.5. The first-order valence-electron chi connectivity index (χ1n) is 11.6. The molecular weight excluding hydrogens is 442 g/mol. The van der Waals surface area contributed by atoms with Gasteiger partial charge in [0.05, 0.1) is 37.1 Å². The van der Waals surface area contributed by atoms with E-state index in [-0.39, 0.29) is 5.91 Å². The van der Waals surface area contributed by atoms with Gasteiger partial charge in [0, 0.05) is 19.7 Å². The number of hydrazine groups is 1. The van der Waals surface area contributed by atoms with Crippen LogP contribution in [0.2, 0.25) is 0 Å². The second kappa shape index (κ2) is 10.5. The van der Waals surface area contributed by atoms with Crippen LogP contribution < -0.4 is 9.75 Å². The molecule has 35 heavy (non-hydrogen) atoms. The molecule has 0 atom stereocenters. The first-order valence-corrected chi connectivity index (χ1v) is 11.6. The maximum absolute atomic E-state index is 12.1. The molecule has 0 bridgehead atoms. The summed E-state index contributed by atoms with van der Waals surface area (Å²) < 4.78 is 13.6. The Morgan fingerprint density at radius 2 is 2.00 bits per heavy atom. The number of hydrogen-bond acceptors (Lipinski definition) is 5. The molecule has 1 aliphatic heterocycles. The molecule has 0 N–H and O–H groups in total. The number of aryl methyl sites for hydroxylation is 2. The summed E-state index contributed by atoms with van der Waals surface area (Å²) in [6.07, 6.45) is 5.60. The minimum atomic E-state index is -0.287. The molecule has 182 valence electrons. The van der Waals surface area contributed by atoms with E-state index < -0.39 is 0 Å². The van der Waals surface area contributed by atoms with Gasteiger partial charge in [-0.2, -0.15) is 4.99 Å². The maximum atomic E-state index is 12.1. The number of nitrogens with zero attached hydrogens (tertiary/aromatic N) is 5. The fourth-order valence-electron chi connectivity index (χ4n) is 4.05. The second-order valence-corrected chi connectivity index (χ2v) is 8.34. The molecule has 1 aromatic heterocycles. The van der Waals surface area contributed by atoms with Crippen LogP contribution in [-0.2, 0) is 9.53 Å². The molecule has 0 spiro atoms. The predicted octanol–water partition coefficient (Wildman–Crippen LogP) is 4.56. The topological polar surface area (TPSA) is 72.2 Å². The van der Waals surface area contributed by atoms with Crippen molar-refractivity contribution in [1.82, 2.24) is 14.6 Å². The lowest BCUT2D eigenvalue weighted by Crippen LogP contribution is -2.52. The monoisotopic (exact) mass is 473 g/mol. The van der Waals surface area contributed by atoms with Gasteiger partial charge in [0.1, 0.15) is 12.4 Å². The summed E-state index contributed by atoms with van der Waals surface area (Å²) in [4.78, 5) is 20.8. The number of ether oxygens (including phenoxy) is 2. The molecule has 1 amide bonds. The summed E-state index contributed by atoms with van der Waals surface area (Å²) in [6.45, 7) is 9.28. The molecule has 1 fully saturated rings. The smallest absolute Gasteiger partial charge is 0.244 e. The largest absolute Gasteiger partial charge is 0.495 e. The normalized spacial score (nSPS) is 15.9. The lowest BCUT2D eigenvalue weighted by Gasteiger charge is -2.41. The average molecular weight is 474 g/mol. The van der Waals surface area contributed by atoms with Gasteiger partial charge in [-0.3, -0.25) is 14.8 Å². The summed E-state index contributed by atoms with van der Waals surface area (Å²) in [6, 6.07) is 14.2. The number of carbonyl (C=O) groups is 1. The fourth-order valence-corrected chi connectivity index (χ4v) is 4.05. The number of aliphatic imine (C=N–C) groups is 1. The molecule has 0 unspecified atom stereocenters. The van der Waals surface area contributed by atoms with Crippen molar-refractivity contribution in [3.8, 4) is 11.4 Å². The van der Waals surface area contributed by atoms with E-state index in [1.807, 2.05) is 47.0 Å². The number of anilines is 1. The van der Waals surface area contributed by atoms with Crippen LogP contribution >= 0.6 is 0 Å². The zero-order valence-corrected chi connectivity index (χ0v) is 20.9. The molecule has 1 aliphatic rings. The summed E-state index contributed by atoms with van der Waals surface area (Å²) in [5.41, 5.74) is 4.89. The van der Waals surface area contributed by atoms with Crippen molar-refractivity contribution in [2.24, 2.45) is 4.99 Å².